The van der Waals surface area contributed by atoms with Gasteiger partial charge in [0.25, 0.3) is 0 Å². The van der Waals surface area contributed by atoms with Crippen LogP contribution in [0.4, 0.5) is 4.39 Å². The molecule has 1 saturated heterocycles. The smallest absolute Gasteiger partial charge is 0.138 e. The highest BCUT2D eigenvalue weighted by Crippen LogP contribution is 2.33. The van der Waals surface area contributed by atoms with Gasteiger partial charge in [0.1, 0.15) is 11.6 Å². The number of rotatable bonds is 3. The van der Waals surface area contributed by atoms with E-state index in [-0.39, 0.29) is 11.4 Å². The molecule has 0 radical (unpaired) electrons. The minimum absolute atomic E-state index is 0.187. The number of hydrogen-bond donors (Lipinski definition) is 0. The maximum absolute atomic E-state index is 14.0. The molecule has 1 aromatic carbocycles. The van der Waals surface area contributed by atoms with Crippen LogP contribution in [0.3, 0.4) is 0 Å². The van der Waals surface area contributed by atoms with Gasteiger partial charge < -0.3 is 9.30 Å². The molecule has 21 heavy (non-hydrogen) atoms. The van der Waals surface area contributed by atoms with Gasteiger partial charge in [-0.3, -0.25) is 0 Å². The molecule has 0 N–H and O–H groups in total. The Labute approximate surface area is 142 Å². The third-order valence-electron chi connectivity index (χ3n) is 4.04. The second kappa shape index (κ2) is 6.01. The van der Waals surface area contributed by atoms with E-state index >= 15 is 0 Å². The van der Waals surface area contributed by atoms with E-state index in [9.17, 15) is 4.39 Å². The van der Waals surface area contributed by atoms with E-state index in [2.05, 4.69) is 16.5 Å². The fourth-order valence-corrected chi connectivity index (χ4v) is 3.69. The van der Waals surface area contributed by atoms with Gasteiger partial charge in [-0.1, -0.05) is 0 Å². The molecule has 0 amide bonds. The lowest BCUT2D eigenvalue weighted by atomic mass is 9.94. The molecule has 114 valence electrons. The molecule has 2 heterocycles. The summed E-state index contributed by atoms with van der Waals surface area (Å²) in [6.45, 7) is 3.57. The first-order valence-corrected chi connectivity index (χ1v) is 8.67. The molecular formula is C15H17ClFIN2O. The zero-order valence-electron chi connectivity index (χ0n) is 11.8. The van der Waals surface area contributed by atoms with E-state index in [0.29, 0.717) is 22.5 Å². The van der Waals surface area contributed by atoms with E-state index in [4.69, 9.17) is 16.3 Å². The third kappa shape index (κ3) is 2.80. The van der Waals surface area contributed by atoms with Gasteiger partial charge in [-0.05, 0) is 48.4 Å². The molecule has 0 aliphatic carbocycles. The molecule has 2 aromatic rings. The fourth-order valence-electron chi connectivity index (χ4n) is 3.07. The first kappa shape index (κ1) is 15.5. The van der Waals surface area contributed by atoms with Gasteiger partial charge in [0.15, 0.2) is 0 Å². The molecule has 1 unspecified atom stereocenters. The average Bonchev–Trinajstić information content (AvgIpc) is 2.78. The lowest BCUT2D eigenvalue weighted by molar-refractivity contribution is 0.0102. The minimum atomic E-state index is -0.206. The van der Waals surface area contributed by atoms with Gasteiger partial charge in [-0.15, -0.1) is 11.6 Å². The number of benzene rings is 1. The number of halogens is 3. The summed E-state index contributed by atoms with van der Waals surface area (Å²) < 4.78 is 22.4. The normalized spacial score (nSPS) is 22.9. The Hall–Kier alpha value is -0.400. The summed E-state index contributed by atoms with van der Waals surface area (Å²) in [6, 6.07) is 3.38. The molecule has 1 aromatic heterocycles. The second-order valence-corrected chi connectivity index (χ2v) is 7.25. The van der Waals surface area contributed by atoms with Gasteiger partial charge in [0.05, 0.1) is 26.7 Å². The first-order chi connectivity index (χ1) is 10.0. The highest BCUT2D eigenvalue weighted by atomic mass is 127. The van der Waals surface area contributed by atoms with Crippen molar-refractivity contribution in [3.63, 3.8) is 0 Å². The summed E-state index contributed by atoms with van der Waals surface area (Å²) in [4.78, 5) is 4.68. The standard InChI is InChI=1S/C15H17ClFIN2O/c1-15(4-2-6-21-9-15)20-13-7-10(17)11(18)8-12(13)19-14(20)3-5-16/h7-8H,2-6,9H2,1H3. The SMILES string of the molecule is CC1(n2c(CCCl)nc3cc(I)c(F)cc32)CCCOC1. The van der Waals surface area contributed by atoms with Crippen LogP contribution in [-0.2, 0) is 16.7 Å². The predicted molar refractivity (Wildman–Crippen MR) is 90.5 cm³/mol. The van der Waals surface area contributed by atoms with Crippen LogP contribution in [-0.4, -0.2) is 28.6 Å². The van der Waals surface area contributed by atoms with Crippen LogP contribution >= 0.6 is 34.2 Å². The molecular weight excluding hydrogens is 406 g/mol. The molecule has 0 bridgehead atoms. The lowest BCUT2D eigenvalue weighted by Gasteiger charge is -2.36. The zero-order chi connectivity index (χ0) is 15.0. The van der Waals surface area contributed by atoms with Gasteiger partial charge in [-0.25, -0.2) is 9.37 Å². The van der Waals surface area contributed by atoms with Crippen molar-refractivity contribution in [3.8, 4) is 0 Å². The van der Waals surface area contributed by atoms with Crippen molar-refractivity contribution in [2.75, 3.05) is 19.1 Å². The molecule has 3 nitrogen and oxygen atoms in total. The van der Waals surface area contributed by atoms with Gasteiger partial charge in [0, 0.05) is 25.0 Å². The molecule has 1 atom stereocenters. The number of imidazole rings is 1. The van der Waals surface area contributed by atoms with Crippen molar-refractivity contribution in [1.82, 2.24) is 9.55 Å². The molecule has 3 rings (SSSR count). The zero-order valence-corrected chi connectivity index (χ0v) is 14.7. The Morgan fingerprint density at radius 2 is 2.33 bits per heavy atom. The monoisotopic (exact) mass is 422 g/mol. The molecule has 1 aliphatic heterocycles. The van der Waals surface area contributed by atoms with Crippen LogP contribution in [0.2, 0.25) is 0 Å². The van der Waals surface area contributed by atoms with Crippen LogP contribution in [0.5, 0.6) is 0 Å². The lowest BCUT2D eigenvalue weighted by Crippen LogP contribution is -2.40. The maximum atomic E-state index is 14.0. The summed E-state index contributed by atoms with van der Waals surface area (Å²) in [7, 11) is 0. The Bertz CT molecular complexity index is 667. The fraction of sp³-hybridized carbons (Fsp3) is 0.533. The summed E-state index contributed by atoms with van der Waals surface area (Å²) >= 11 is 7.92. The van der Waals surface area contributed by atoms with Crippen molar-refractivity contribution in [2.45, 2.75) is 31.7 Å². The predicted octanol–water partition coefficient (Wildman–Crippen LogP) is 4.09. The number of alkyl halides is 1. The Balaban J connectivity index is 2.22. The van der Waals surface area contributed by atoms with Crippen LogP contribution in [0.1, 0.15) is 25.6 Å². The number of hydrogen-bond acceptors (Lipinski definition) is 2. The molecule has 6 heteroatoms. The van der Waals surface area contributed by atoms with E-state index in [1.165, 1.54) is 0 Å². The van der Waals surface area contributed by atoms with E-state index in [0.717, 1.165) is 36.3 Å². The van der Waals surface area contributed by atoms with Crippen LogP contribution in [0.15, 0.2) is 12.1 Å². The van der Waals surface area contributed by atoms with Crippen molar-refractivity contribution in [3.05, 3.63) is 27.3 Å². The van der Waals surface area contributed by atoms with Crippen molar-refractivity contribution in [2.24, 2.45) is 0 Å². The molecule has 1 aliphatic rings. The molecule has 0 saturated carbocycles. The number of aromatic nitrogens is 2. The highest BCUT2D eigenvalue weighted by Gasteiger charge is 2.33. The second-order valence-electron chi connectivity index (χ2n) is 5.71. The largest absolute Gasteiger partial charge is 0.379 e. The van der Waals surface area contributed by atoms with Gasteiger partial charge >= 0.3 is 0 Å². The first-order valence-electron chi connectivity index (χ1n) is 7.06. The molecule has 1 fully saturated rings. The number of ether oxygens (including phenoxy) is 1. The number of fused-ring (bicyclic) bond motifs is 1. The number of aryl methyl sites for hydroxylation is 1. The van der Waals surface area contributed by atoms with Crippen molar-refractivity contribution < 1.29 is 9.13 Å². The third-order valence-corrected chi connectivity index (χ3v) is 5.06. The van der Waals surface area contributed by atoms with E-state index < -0.39 is 0 Å². The Morgan fingerprint density at radius 1 is 1.52 bits per heavy atom. The quantitative estimate of drug-likeness (QED) is 0.550. The van der Waals surface area contributed by atoms with Gasteiger partial charge in [-0.2, -0.15) is 0 Å². The number of nitrogens with zero attached hydrogens (tertiary/aromatic N) is 2. The van der Waals surface area contributed by atoms with Crippen LogP contribution in [0, 0.1) is 9.39 Å². The summed E-state index contributed by atoms with van der Waals surface area (Å²) in [5, 5.41) is 0. The van der Waals surface area contributed by atoms with E-state index in [1.807, 2.05) is 22.6 Å². The van der Waals surface area contributed by atoms with Crippen molar-refractivity contribution >= 4 is 45.2 Å². The summed E-state index contributed by atoms with van der Waals surface area (Å²) in [5.74, 6) is 1.20. The highest BCUT2D eigenvalue weighted by molar-refractivity contribution is 14.1. The molecule has 0 spiro atoms. The van der Waals surface area contributed by atoms with Crippen LogP contribution in [0.25, 0.3) is 11.0 Å². The van der Waals surface area contributed by atoms with Crippen molar-refractivity contribution in [1.29, 1.82) is 0 Å². The summed E-state index contributed by atoms with van der Waals surface area (Å²) in [6.07, 6.45) is 2.68. The van der Waals surface area contributed by atoms with Gasteiger partial charge in [0.2, 0.25) is 0 Å². The Kier molecular flexibility index (Phi) is 4.43. The van der Waals surface area contributed by atoms with E-state index in [1.54, 1.807) is 12.1 Å². The topological polar surface area (TPSA) is 27.1 Å². The maximum Gasteiger partial charge on any atom is 0.138 e. The van der Waals surface area contributed by atoms with Crippen LogP contribution < -0.4 is 0 Å². The minimum Gasteiger partial charge on any atom is -0.379 e. The average molecular weight is 423 g/mol. The Morgan fingerprint density at radius 3 is 3.00 bits per heavy atom. The summed E-state index contributed by atoms with van der Waals surface area (Å²) in [5.41, 5.74) is 1.47.